The predicted octanol–water partition coefficient (Wildman–Crippen LogP) is 6.75. The molecular weight excluding hydrogens is 486 g/mol. The second-order valence-corrected chi connectivity index (χ2v) is 10.5. The highest BCUT2D eigenvalue weighted by Gasteiger charge is 2.26. The third kappa shape index (κ3) is 5.94. The number of benzene rings is 3. The normalized spacial score (nSPS) is 14.1. The van der Waals surface area contributed by atoms with Crippen molar-refractivity contribution < 1.29 is 9.53 Å². The van der Waals surface area contributed by atoms with E-state index in [2.05, 4.69) is 27.3 Å². The van der Waals surface area contributed by atoms with E-state index in [0.29, 0.717) is 24.1 Å². The summed E-state index contributed by atoms with van der Waals surface area (Å²) in [4.78, 5) is 25.7. The first-order chi connectivity index (χ1) is 17.7. The summed E-state index contributed by atoms with van der Waals surface area (Å²) in [5.74, 6) is 0.528. The number of nitrogens with one attached hydrogen (secondary N) is 1. The van der Waals surface area contributed by atoms with Gasteiger partial charge in [0.2, 0.25) is 5.95 Å². The molecule has 8 heteroatoms. The highest BCUT2D eigenvalue weighted by molar-refractivity contribution is 6.30. The van der Waals surface area contributed by atoms with Crippen molar-refractivity contribution in [3.63, 3.8) is 0 Å². The van der Waals surface area contributed by atoms with Gasteiger partial charge in [-0.2, -0.15) is 0 Å². The van der Waals surface area contributed by atoms with Gasteiger partial charge in [0.1, 0.15) is 5.60 Å². The van der Waals surface area contributed by atoms with Gasteiger partial charge in [0.15, 0.2) is 0 Å². The third-order valence-electron chi connectivity index (χ3n) is 6.17. The van der Waals surface area contributed by atoms with Crippen LogP contribution in [0.25, 0.3) is 22.0 Å². The molecule has 190 valence electrons. The first kappa shape index (κ1) is 24.8. The van der Waals surface area contributed by atoms with Crippen molar-refractivity contribution >= 4 is 45.9 Å². The number of halogens is 1. The maximum Gasteiger partial charge on any atom is 0.410 e. The molecule has 3 aromatic carbocycles. The van der Waals surface area contributed by atoms with Crippen LogP contribution < -0.4 is 10.2 Å². The second-order valence-electron chi connectivity index (χ2n) is 10.1. The van der Waals surface area contributed by atoms with Crippen LogP contribution in [0.15, 0.2) is 72.9 Å². The number of nitrogens with zero attached hydrogens (tertiary/aromatic N) is 4. The van der Waals surface area contributed by atoms with E-state index in [-0.39, 0.29) is 6.09 Å². The van der Waals surface area contributed by atoms with Gasteiger partial charge >= 0.3 is 6.09 Å². The van der Waals surface area contributed by atoms with Gasteiger partial charge in [0.05, 0.1) is 5.52 Å². The van der Waals surface area contributed by atoms with E-state index >= 15 is 0 Å². The first-order valence-corrected chi connectivity index (χ1v) is 12.7. The van der Waals surface area contributed by atoms with E-state index in [9.17, 15) is 4.79 Å². The maximum atomic E-state index is 12.3. The SMILES string of the molecule is CC(C)(C)OC(=O)N1CCN(c2ccc(Nc3ncc4cccc(-c5cccc(Cl)c5)c4n3)cc2)CC1. The monoisotopic (exact) mass is 515 g/mol. The van der Waals surface area contributed by atoms with Crippen LogP contribution in [0.1, 0.15) is 20.8 Å². The van der Waals surface area contributed by atoms with Crippen LogP contribution in [0, 0.1) is 0 Å². The van der Waals surface area contributed by atoms with Gasteiger partial charge in [-0.3, -0.25) is 0 Å². The molecule has 1 fully saturated rings. The number of ether oxygens (including phenoxy) is 1. The quantitative estimate of drug-likeness (QED) is 0.324. The molecule has 1 saturated heterocycles. The lowest BCUT2D eigenvalue weighted by Crippen LogP contribution is -2.50. The Morgan fingerprint density at radius 3 is 2.41 bits per heavy atom. The number of carbonyl (C=O) groups is 1. The molecule has 2 heterocycles. The lowest BCUT2D eigenvalue weighted by Gasteiger charge is -2.36. The summed E-state index contributed by atoms with van der Waals surface area (Å²) in [6.07, 6.45) is 1.58. The van der Waals surface area contributed by atoms with E-state index < -0.39 is 5.60 Å². The number of para-hydroxylation sites is 1. The van der Waals surface area contributed by atoms with Gasteiger partial charge in [-0.25, -0.2) is 14.8 Å². The van der Waals surface area contributed by atoms with Gasteiger partial charge in [-0.1, -0.05) is 41.9 Å². The van der Waals surface area contributed by atoms with Crippen molar-refractivity contribution in [1.82, 2.24) is 14.9 Å². The second kappa shape index (κ2) is 10.3. The van der Waals surface area contributed by atoms with Crippen molar-refractivity contribution in [3.05, 3.63) is 77.9 Å². The number of aromatic nitrogens is 2. The molecule has 4 aromatic rings. The fourth-order valence-corrected chi connectivity index (χ4v) is 4.55. The minimum Gasteiger partial charge on any atom is -0.444 e. The fourth-order valence-electron chi connectivity index (χ4n) is 4.36. The number of amides is 1. The molecule has 0 bridgehead atoms. The van der Waals surface area contributed by atoms with Crippen molar-refractivity contribution in [1.29, 1.82) is 0 Å². The molecule has 1 aromatic heterocycles. The molecule has 0 spiro atoms. The number of piperazine rings is 1. The van der Waals surface area contributed by atoms with Crippen LogP contribution in [-0.2, 0) is 4.74 Å². The Bertz CT molecular complexity index is 1410. The molecule has 37 heavy (non-hydrogen) atoms. The summed E-state index contributed by atoms with van der Waals surface area (Å²) in [7, 11) is 0. The third-order valence-corrected chi connectivity index (χ3v) is 6.40. The zero-order chi connectivity index (χ0) is 26.0. The summed E-state index contributed by atoms with van der Waals surface area (Å²) in [6.45, 7) is 8.44. The number of anilines is 3. The van der Waals surface area contributed by atoms with Crippen molar-refractivity contribution in [2.24, 2.45) is 0 Å². The highest BCUT2D eigenvalue weighted by atomic mass is 35.5. The molecule has 0 saturated carbocycles. The Balaban J connectivity index is 1.27. The molecule has 1 N–H and O–H groups in total. The van der Waals surface area contributed by atoms with Gasteiger partial charge in [0, 0.05) is 59.7 Å². The minimum atomic E-state index is -0.483. The Kier molecular flexibility index (Phi) is 6.89. The average Bonchev–Trinajstić information content (AvgIpc) is 2.88. The summed E-state index contributed by atoms with van der Waals surface area (Å²) < 4.78 is 5.50. The summed E-state index contributed by atoms with van der Waals surface area (Å²) in [5, 5.41) is 4.97. The number of fused-ring (bicyclic) bond motifs is 1. The van der Waals surface area contributed by atoms with Crippen LogP contribution in [-0.4, -0.2) is 52.7 Å². The number of carbonyl (C=O) groups excluding carboxylic acids is 1. The van der Waals surface area contributed by atoms with E-state index in [1.807, 2.05) is 81.6 Å². The van der Waals surface area contributed by atoms with Crippen LogP contribution >= 0.6 is 11.6 Å². The number of hydrogen-bond donors (Lipinski definition) is 1. The Labute approximate surface area is 222 Å². The number of rotatable bonds is 4. The zero-order valence-electron chi connectivity index (χ0n) is 21.2. The van der Waals surface area contributed by atoms with E-state index in [0.717, 1.165) is 46.5 Å². The van der Waals surface area contributed by atoms with Gasteiger partial charge in [-0.15, -0.1) is 0 Å². The fraction of sp³-hybridized carbons (Fsp3) is 0.276. The molecule has 7 nitrogen and oxygen atoms in total. The van der Waals surface area contributed by atoms with E-state index in [1.165, 1.54) is 0 Å². The van der Waals surface area contributed by atoms with Crippen LogP contribution in [0.2, 0.25) is 5.02 Å². The average molecular weight is 516 g/mol. The summed E-state index contributed by atoms with van der Waals surface area (Å²) in [5.41, 5.74) is 4.41. The lowest BCUT2D eigenvalue weighted by atomic mass is 10.0. The van der Waals surface area contributed by atoms with Crippen LogP contribution in [0.5, 0.6) is 0 Å². The molecule has 0 radical (unpaired) electrons. The minimum absolute atomic E-state index is 0.249. The predicted molar refractivity (Wildman–Crippen MR) is 150 cm³/mol. The standard InChI is InChI=1S/C29H30ClN5O2/c1-29(2,3)37-28(36)35-16-14-34(15-17-35)24-12-10-23(11-13-24)32-27-31-19-21-7-5-9-25(26(21)33-27)20-6-4-8-22(30)18-20/h4-13,18-19H,14-17H2,1-3H3,(H,31,32,33). The van der Waals surface area contributed by atoms with Crippen LogP contribution in [0.4, 0.5) is 22.1 Å². The molecule has 0 aliphatic carbocycles. The molecule has 0 atom stereocenters. The molecule has 5 rings (SSSR count). The highest BCUT2D eigenvalue weighted by Crippen LogP contribution is 2.30. The lowest BCUT2D eigenvalue weighted by molar-refractivity contribution is 0.0240. The van der Waals surface area contributed by atoms with E-state index in [4.69, 9.17) is 21.3 Å². The molecule has 1 aliphatic heterocycles. The summed E-state index contributed by atoms with van der Waals surface area (Å²) in [6, 6.07) is 22.0. The topological polar surface area (TPSA) is 70.6 Å². The number of hydrogen-bond acceptors (Lipinski definition) is 6. The van der Waals surface area contributed by atoms with Gasteiger partial charge < -0.3 is 19.9 Å². The van der Waals surface area contributed by atoms with Gasteiger partial charge in [-0.05, 0) is 62.7 Å². The molecular formula is C29H30ClN5O2. The Hall–Kier alpha value is -3.84. The Morgan fingerprint density at radius 1 is 0.973 bits per heavy atom. The largest absolute Gasteiger partial charge is 0.444 e. The molecule has 1 amide bonds. The zero-order valence-corrected chi connectivity index (χ0v) is 22.0. The van der Waals surface area contributed by atoms with E-state index in [1.54, 1.807) is 4.90 Å². The first-order valence-electron chi connectivity index (χ1n) is 12.4. The van der Waals surface area contributed by atoms with Crippen molar-refractivity contribution in [3.8, 4) is 11.1 Å². The Morgan fingerprint density at radius 2 is 1.70 bits per heavy atom. The summed E-state index contributed by atoms with van der Waals surface area (Å²) >= 11 is 6.23. The molecule has 0 unspecified atom stereocenters. The van der Waals surface area contributed by atoms with Gasteiger partial charge in [0.25, 0.3) is 0 Å². The van der Waals surface area contributed by atoms with Crippen molar-refractivity contribution in [2.45, 2.75) is 26.4 Å². The molecule has 1 aliphatic rings. The smallest absolute Gasteiger partial charge is 0.410 e. The maximum absolute atomic E-state index is 12.3. The van der Waals surface area contributed by atoms with Crippen molar-refractivity contribution in [2.75, 3.05) is 36.4 Å². The van der Waals surface area contributed by atoms with Crippen LogP contribution in [0.3, 0.4) is 0 Å².